The van der Waals surface area contributed by atoms with Gasteiger partial charge >= 0.3 is 0 Å². The van der Waals surface area contributed by atoms with Crippen molar-refractivity contribution in [3.05, 3.63) is 18.2 Å². The molecule has 1 aliphatic carbocycles. The molecule has 1 aromatic rings. The second-order valence-corrected chi connectivity index (χ2v) is 5.82. The van der Waals surface area contributed by atoms with Gasteiger partial charge in [0.25, 0.3) is 0 Å². The molecule has 1 aliphatic heterocycles. The molecule has 2 atom stereocenters. The van der Waals surface area contributed by atoms with Crippen molar-refractivity contribution < 1.29 is 4.79 Å². The van der Waals surface area contributed by atoms with Crippen LogP contribution in [-0.2, 0) is 17.9 Å². The smallest absolute Gasteiger partial charge is 0.137 e. The fraction of sp³-hybridized carbons (Fsp3) is 0.733. The van der Waals surface area contributed by atoms with Crippen LogP contribution in [0.5, 0.6) is 0 Å². The Morgan fingerprint density at radius 2 is 2.26 bits per heavy atom. The standard InChI is InChI=1S/C15H23N3O/c1-2-17-11-16-9-12(17)10-18-8-4-6-14(18)13-5-3-7-15(13)19/h9,11,13-14H,2-8,10H2,1H3. The Labute approximate surface area is 114 Å². The average Bonchev–Trinajstić information content (AvgIpc) is 3.10. The maximum absolute atomic E-state index is 12.0. The van der Waals surface area contributed by atoms with Gasteiger partial charge in [0, 0.05) is 37.7 Å². The number of Topliss-reactive ketones (excluding diaryl/α,β-unsaturated/α-hetero) is 1. The molecule has 0 radical (unpaired) electrons. The lowest BCUT2D eigenvalue weighted by molar-refractivity contribution is -0.122. The van der Waals surface area contributed by atoms with E-state index in [-0.39, 0.29) is 0 Å². The van der Waals surface area contributed by atoms with Crippen LogP contribution in [0.25, 0.3) is 0 Å². The summed E-state index contributed by atoms with van der Waals surface area (Å²) in [4.78, 5) is 18.7. The summed E-state index contributed by atoms with van der Waals surface area (Å²) in [6, 6.07) is 0.482. The van der Waals surface area contributed by atoms with Gasteiger partial charge in [-0.2, -0.15) is 0 Å². The molecule has 0 N–H and O–H groups in total. The summed E-state index contributed by atoms with van der Waals surface area (Å²) in [5, 5.41) is 0. The molecule has 0 amide bonds. The van der Waals surface area contributed by atoms with Gasteiger partial charge in [0.15, 0.2) is 0 Å². The Hall–Kier alpha value is -1.16. The maximum atomic E-state index is 12.0. The summed E-state index contributed by atoms with van der Waals surface area (Å²) in [6.07, 6.45) is 9.30. The van der Waals surface area contributed by atoms with E-state index < -0.39 is 0 Å². The van der Waals surface area contributed by atoms with E-state index in [2.05, 4.69) is 21.4 Å². The minimum atomic E-state index is 0.306. The van der Waals surface area contributed by atoms with Gasteiger partial charge in [-0.1, -0.05) is 0 Å². The number of hydrogen-bond donors (Lipinski definition) is 0. The van der Waals surface area contributed by atoms with Crippen molar-refractivity contribution in [3.8, 4) is 0 Å². The molecule has 4 nitrogen and oxygen atoms in total. The summed E-state index contributed by atoms with van der Waals surface area (Å²) < 4.78 is 2.20. The highest BCUT2D eigenvalue weighted by atomic mass is 16.1. The highest BCUT2D eigenvalue weighted by Crippen LogP contribution is 2.33. The second kappa shape index (κ2) is 5.45. The zero-order chi connectivity index (χ0) is 13.2. The number of hydrogen-bond acceptors (Lipinski definition) is 3. The molecule has 2 aliphatic rings. The van der Waals surface area contributed by atoms with Gasteiger partial charge in [0.2, 0.25) is 0 Å². The third-order valence-electron chi connectivity index (χ3n) is 4.73. The predicted molar refractivity (Wildman–Crippen MR) is 73.7 cm³/mol. The van der Waals surface area contributed by atoms with Gasteiger partial charge in [-0.15, -0.1) is 0 Å². The van der Waals surface area contributed by atoms with Crippen LogP contribution in [0.2, 0.25) is 0 Å². The van der Waals surface area contributed by atoms with Crippen LogP contribution < -0.4 is 0 Å². The molecule has 2 fully saturated rings. The lowest BCUT2D eigenvalue weighted by Gasteiger charge is -2.28. The Bertz CT molecular complexity index is 454. The molecule has 2 heterocycles. The van der Waals surface area contributed by atoms with Crippen LogP contribution in [0.4, 0.5) is 0 Å². The minimum Gasteiger partial charge on any atom is -0.334 e. The molecule has 19 heavy (non-hydrogen) atoms. The number of carbonyl (C=O) groups excluding carboxylic acids is 1. The summed E-state index contributed by atoms with van der Waals surface area (Å²) in [5.41, 5.74) is 1.28. The number of aromatic nitrogens is 2. The van der Waals surface area contributed by atoms with E-state index in [0.717, 1.165) is 38.9 Å². The maximum Gasteiger partial charge on any atom is 0.137 e. The molecular formula is C15H23N3O. The SMILES string of the molecule is CCn1cncc1CN1CCCC1C1CCCC1=O. The Morgan fingerprint density at radius 1 is 1.37 bits per heavy atom. The van der Waals surface area contributed by atoms with Crippen LogP contribution in [0, 0.1) is 5.92 Å². The monoisotopic (exact) mass is 261 g/mol. The zero-order valence-corrected chi connectivity index (χ0v) is 11.7. The first-order chi connectivity index (χ1) is 9.29. The fourth-order valence-electron chi connectivity index (χ4n) is 3.73. The highest BCUT2D eigenvalue weighted by Gasteiger charge is 2.38. The normalized spacial score (nSPS) is 28.4. The second-order valence-electron chi connectivity index (χ2n) is 5.82. The van der Waals surface area contributed by atoms with Crippen molar-refractivity contribution in [2.75, 3.05) is 6.54 Å². The zero-order valence-electron chi connectivity index (χ0n) is 11.7. The lowest BCUT2D eigenvalue weighted by atomic mass is 9.95. The first-order valence-electron chi connectivity index (χ1n) is 7.55. The number of rotatable bonds is 4. The number of ketones is 1. The molecule has 0 spiro atoms. The van der Waals surface area contributed by atoms with Gasteiger partial charge in [0.1, 0.15) is 5.78 Å². The number of likely N-dealkylation sites (tertiary alicyclic amines) is 1. The van der Waals surface area contributed by atoms with Gasteiger partial charge in [0.05, 0.1) is 12.0 Å². The first kappa shape index (κ1) is 12.9. The van der Waals surface area contributed by atoms with Gasteiger partial charge < -0.3 is 4.57 Å². The van der Waals surface area contributed by atoms with Crippen LogP contribution in [0.1, 0.15) is 44.7 Å². The summed E-state index contributed by atoms with van der Waals surface area (Å²) in [7, 11) is 0. The van der Waals surface area contributed by atoms with Crippen LogP contribution >= 0.6 is 0 Å². The Balaban J connectivity index is 1.71. The molecule has 2 unspecified atom stereocenters. The van der Waals surface area contributed by atoms with E-state index in [1.807, 2.05) is 12.5 Å². The minimum absolute atomic E-state index is 0.306. The molecule has 0 bridgehead atoms. The third kappa shape index (κ3) is 2.46. The Morgan fingerprint density at radius 3 is 3.00 bits per heavy atom. The molecule has 0 aromatic carbocycles. The predicted octanol–water partition coefficient (Wildman–Crippen LogP) is 2.24. The van der Waals surface area contributed by atoms with Crippen molar-refractivity contribution in [2.24, 2.45) is 5.92 Å². The number of imidazole rings is 1. The van der Waals surface area contributed by atoms with E-state index in [9.17, 15) is 4.79 Å². The van der Waals surface area contributed by atoms with Gasteiger partial charge in [-0.05, 0) is 39.2 Å². The summed E-state index contributed by atoms with van der Waals surface area (Å²) in [6.45, 7) is 5.19. The number of nitrogens with zero attached hydrogens (tertiary/aromatic N) is 3. The molecule has 4 heteroatoms. The van der Waals surface area contributed by atoms with E-state index in [1.165, 1.54) is 18.5 Å². The van der Waals surface area contributed by atoms with Crippen molar-refractivity contribution in [1.82, 2.24) is 14.5 Å². The van der Waals surface area contributed by atoms with Crippen LogP contribution in [0.15, 0.2) is 12.5 Å². The van der Waals surface area contributed by atoms with Crippen LogP contribution in [-0.4, -0.2) is 32.8 Å². The molecule has 104 valence electrons. The lowest BCUT2D eigenvalue weighted by Crippen LogP contribution is -2.37. The van der Waals surface area contributed by atoms with Crippen molar-refractivity contribution in [2.45, 2.75) is 58.2 Å². The number of carbonyl (C=O) groups is 1. The topological polar surface area (TPSA) is 38.1 Å². The first-order valence-corrected chi connectivity index (χ1v) is 7.55. The Kier molecular flexibility index (Phi) is 3.69. The molecule has 3 rings (SSSR count). The van der Waals surface area contributed by atoms with E-state index in [0.29, 0.717) is 17.7 Å². The van der Waals surface area contributed by atoms with Gasteiger partial charge in [-0.3, -0.25) is 9.69 Å². The van der Waals surface area contributed by atoms with Crippen molar-refractivity contribution >= 4 is 5.78 Å². The van der Waals surface area contributed by atoms with Crippen molar-refractivity contribution in [3.63, 3.8) is 0 Å². The fourth-order valence-corrected chi connectivity index (χ4v) is 3.73. The molecule has 1 aromatic heterocycles. The summed E-state index contributed by atoms with van der Waals surface area (Å²) in [5.74, 6) is 0.807. The quantitative estimate of drug-likeness (QED) is 0.834. The van der Waals surface area contributed by atoms with Crippen LogP contribution in [0.3, 0.4) is 0 Å². The molecule has 1 saturated heterocycles. The largest absolute Gasteiger partial charge is 0.334 e. The van der Waals surface area contributed by atoms with Crippen molar-refractivity contribution in [1.29, 1.82) is 0 Å². The molecular weight excluding hydrogens is 238 g/mol. The average molecular weight is 261 g/mol. The van der Waals surface area contributed by atoms with E-state index >= 15 is 0 Å². The molecule has 1 saturated carbocycles. The van der Waals surface area contributed by atoms with E-state index in [4.69, 9.17) is 0 Å². The van der Waals surface area contributed by atoms with E-state index in [1.54, 1.807) is 0 Å². The summed E-state index contributed by atoms with van der Waals surface area (Å²) >= 11 is 0. The number of aryl methyl sites for hydroxylation is 1. The highest BCUT2D eigenvalue weighted by molar-refractivity contribution is 5.83. The van der Waals surface area contributed by atoms with Gasteiger partial charge in [-0.25, -0.2) is 4.98 Å². The third-order valence-corrected chi connectivity index (χ3v) is 4.73.